The molecule has 0 aromatic heterocycles. The average Bonchev–Trinajstić information content (AvgIpc) is 2.64. The maximum Gasteiger partial charge on any atom is 0.236 e. The third-order valence-corrected chi connectivity index (χ3v) is 4.12. The number of hydrogen-bond acceptors (Lipinski definition) is 4. The van der Waals surface area contributed by atoms with Crippen molar-refractivity contribution in [1.29, 1.82) is 0 Å². The summed E-state index contributed by atoms with van der Waals surface area (Å²) in [5, 5.41) is 0. The van der Waals surface area contributed by atoms with Crippen LogP contribution in [0.3, 0.4) is 0 Å². The van der Waals surface area contributed by atoms with Crippen LogP contribution in [-0.4, -0.2) is 50.1 Å². The van der Waals surface area contributed by atoms with Gasteiger partial charge in [-0.1, -0.05) is 30.3 Å². The van der Waals surface area contributed by atoms with E-state index in [0.717, 1.165) is 22.6 Å². The van der Waals surface area contributed by atoms with Gasteiger partial charge in [0.15, 0.2) is 0 Å². The fourth-order valence-electron chi connectivity index (χ4n) is 2.75. The largest absolute Gasteiger partial charge is 0.496 e. The number of para-hydroxylation sites is 1. The highest BCUT2D eigenvalue weighted by Gasteiger charge is 2.14. The van der Waals surface area contributed by atoms with Crippen molar-refractivity contribution >= 4 is 5.91 Å². The van der Waals surface area contributed by atoms with E-state index in [-0.39, 0.29) is 5.91 Å². The van der Waals surface area contributed by atoms with E-state index in [9.17, 15) is 4.79 Å². The molecule has 2 rings (SSSR count). The van der Waals surface area contributed by atoms with Gasteiger partial charge >= 0.3 is 0 Å². The lowest BCUT2D eigenvalue weighted by Crippen LogP contribution is -2.36. The molecule has 0 aliphatic carbocycles. The molecular weight excluding hydrogens is 328 g/mol. The fraction of sp³-hybridized carbons (Fsp3) is 0.381. The molecule has 2 aromatic carbocycles. The summed E-state index contributed by atoms with van der Waals surface area (Å²) in [4.78, 5) is 16.2. The second-order valence-electron chi connectivity index (χ2n) is 6.31. The van der Waals surface area contributed by atoms with Crippen LogP contribution in [0, 0.1) is 0 Å². The van der Waals surface area contributed by atoms with Crippen LogP contribution in [0.5, 0.6) is 11.5 Å². The van der Waals surface area contributed by atoms with Gasteiger partial charge in [0.2, 0.25) is 5.91 Å². The van der Waals surface area contributed by atoms with Gasteiger partial charge < -0.3 is 14.4 Å². The molecule has 5 nitrogen and oxygen atoms in total. The minimum absolute atomic E-state index is 0.0735. The minimum atomic E-state index is 0.0735. The van der Waals surface area contributed by atoms with Gasteiger partial charge in [-0.25, -0.2) is 0 Å². The number of amides is 1. The van der Waals surface area contributed by atoms with Gasteiger partial charge in [-0.15, -0.1) is 0 Å². The van der Waals surface area contributed by atoms with Crippen molar-refractivity contribution in [3.05, 3.63) is 59.7 Å². The molecule has 0 N–H and O–H groups in total. The summed E-state index contributed by atoms with van der Waals surface area (Å²) < 4.78 is 10.8. The molecule has 140 valence electrons. The third kappa shape index (κ3) is 5.77. The summed E-state index contributed by atoms with van der Waals surface area (Å²) >= 11 is 0. The monoisotopic (exact) mass is 356 g/mol. The van der Waals surface area contributed by atoms with Crippen molar-refractivity contribution in [2.75, 3.05) is 34.4 Å². The molecule has 26 heavy (non-hydrogen) atoms. The van der Waals surface area contributed by atoms with Gasteiger partial charge in [0.25, 0.3) is 0 Å². The number of rotatable bonds is 9. The van der Waals surface area contributed by atoms with Crippen molar-refractivity contribution < 1.29 is 14.3 Å². The predicted octanol–water partition coefficient (Wildman–Crippen LogP) is 3.18. The van der Waals surface area contributed by atoms with Gasteiger partial charge in [-0.05, 0) is 37.7 Å². The summed E-state index contributed by atoms with van der Waals surface area (Å²) in [6.45, 7) is 4.22. The Morgan fingerprint density at radius 3 is 2.35 bits per heavy atom. The van der Waals surface area contributed by atoms with Crippen LogP contribution in [0.4, 0.5) is 0 Å². The molecule has 5 heteroatoms. The number of carbonyl (C=O) groups excluding carboxylic acids is 1. The Morgan fingerprint density at radius 1 is 1.00 bits per heavy atom. The minimum Gasteiger partial charge on any atom is -0.496 e. The van der Waals surface area contributed by atoms with E-state index >= 15 is 0 Å². The number of hydrogen-bond donors (Lipinski definition) is 0. The summed E-state index contributed by atoms with van der Waals surface area (Å²) in [6.07, 6.45) is 0. The fourth-order valence-corrected chi connectivity index (χ4v) is 2.75. The first kappa shape index (κ1) is 19.8. The Labute approximate surface area is 156 Å². The SMILES string of the molecule is CCOc1ccc(CN(C)CC(=O)N(C)Cc2ccccc2OC)cc1. The summed E-state index contributed by atoms with van der Waals surface area (Å²) in [5.74, 6) is 1.74. The first-order valence-corrected chi connectivity index (χ1v) is 8.79. The molecule has 0 fully saturated rings. The Morgan fingerprint density at radius 2 is 1.69 bits per heavy atom. The highest BCUT2D eigenvalue weighted by atomic mass is 16.5. The van der Waals surface area contributed by atoms with E-state index < -0.39 is 0 Å². The average molecular weight is 356 g/mol. The zero-order valence-electron chi connectivity index (χ0n) is 16.1. The number of methoxy groups -OCH3 is 1. The lowest BCUT2D eigenvalue weighted by molar-refractivity contribution is -0.131. The Kier molecular flexibility index (Phi) is 7.48. The van der Waals surface area contributed by atoms with Crippen LogP contribution < -0.4 is 9.47 Å². The van der Waals surface area contributed by atoms with E-state index in [2.05, 4.69) is 0 Å². The smallest absolute Gasteiger partial charge is 0.236 e. The van der Waals surface area contributed by atoms with E-state index in [1.165, 1.54) is 0 Å². The van der Waals surface area contributed by atoms with Crippen LogP contribution in [0.2, 0.25) is 0 Å². The van der Waals surface area contributed by atoms with Crippen molar-refractivity contribution in [1.82, 2.24) is 9.80 Å². The van der Waals surface area contributed by atoms with Gasteiger partial charge in [0, 0.05) is 25.7 Å². The highest BCUT2D eigenvalue weighted by Crippen LogP contribution is 2.19. The van der Waals surface area contributed by atoms with Gasteiger partial charge in [-0.3, -0.25) is 9.69 Å². The maximum absolute atomic E-state index is 12.5. The Balaban J connectivity index is 1.87. The topological polar surface area (TPSA) is 42.0 Å². The molecule has 0 atom stereocenters. The zero-order valence-corrected chi connectivity index (χ0v) is 16.1. The summed E-state index contributed by atoms with van der Waals surface area (Å²) in [5.41, 5.74) is 2.15. The van der Waals surface area contributed by atoms with E-state index in [1.54, 1.807) is 12.0 Å². The molecule has 0 heterocycles. The van der Waals surface area contributed by atoms with Gasteiger partial charge in [0.1, 0.15) is 11.5 Å². The standard InChI is InChI=1S/C21H28N2O3/c1-5-26-19-12-10-17(11-13-19)14-22(2)16-21(24)23(3)15-18-8-6-7-9-20(18)25-4/h6-13H,5,14-16H2,1-4H3. The molecule has 0 bridgehead atoms. The first-order valence-electron chi connectivity index (χ1n) is 8.79. The molecule has 0 spiro atoms. The molecule has 1 amide bonds. The Bertz CT molecular complexity index is 701. The Hall–Kier alpha value is -2.53. The van der Waals surface area contributed by atoms with Crippen LogP contribution >= 0.6 is 0 Å². The van der Waals surface area contributed by atoms with Crippen LogP contribution in [0.1, 0.15) is 18.1 Å². The predicted molar refractivity (Wildman–Crippen MR) is 103 cm³/mol. The maximum atomic E-state index is 12.5. The third-order valence-electron chi connectivity index (χ3n) is 4.12. The van der Waals surface area contributed by atoms with Crippen molar-refractivity contribution in [2.45, 2.75) is 20.0 Å². The lowest BCUT2D eigenvalue weighted by Gasteiger charge is -2.23. The molecule has 0 saturated carbocycles. The quantitative estimate of drug-likeness (QED) is 0.692. The number of nitrogens with zero attached hydrogens (tertiary/aromatic N) is 2. The van der Waals surface area contributed by atoms with Crippen LogP contribution in [0.15, 0.2) is 48.5 Å². The number of ether oxygens (including phenoxy) is 2. The summed E-state index contributed by atoms with van der Waals surface area (Å²) in [6, 6.07) is 15.8. The van der Waals surface area contributed by atoms with E-state index in [4.69, 9.17) is 9.47 Å². The number of likely N-dealkylation sites (N-methyl/N-ethyl adjacent to an activating group) is 2. The van der Waals surface area contributed by atoms with Gasteiger partial charge in [-0.2, -0.15) is 0 Å². The molecule has 0 unspecified atom stereocenters. The normalized spacial score (nSPS) is 10.7. The van der Waals surface area contributed by atoms with Gasteiger partial charge in [0.05, 0.1) is 20.3 Å². The molecule has 0 aliphatic rings. The molecule has 2 aromatic rings. The number of benzene rings is 2. The van der Waals surface area contributed by atoms with Crippen molar-refractivity contribution in [3.8, 4) is 11.5 Å². The first-order chi connectivity index (χ1) is 12.5. The van der Waals surface area contributed by atoms with Crippen LogP contribution in [0.25, 0.3) is 0 Å². The molecule has 0 radical (unpaired) electrons. The second kappa shape index (κ2) is 9.82. The second-order valence-corrected chi connectivity index (χ2v) is 6.31. The van der Waals surface area contributed by atoms with Crippen molar-refractivity contribution in [2.24, 2.45) is 0 Å². The zero-order chi connectivity index (χ0) is 18.9. The lowest BCUT2D eigenvalue weighted by atomic mass is 10.2. The molecule has 0 aliphatic heterocycles. The molecule has 0 saturated heterocycles. The number of carbonyl (C=O) groups is 1. The molecular formula is C21H28N2O3. The van der Waals surface area contributed by atoms with Crippen LogP contribution in [-0.2, 0) is 17.9 Å². The highest BCUT2D eigenvalue weighted by molar-refractivity contribution is 5.78. The van der Waals surface area contributed by atoms with Crippen molar-refractivity contribution in [3.63, 3.8) is 0 Å². The van der Waals surface area contributed by atoms with E-state index in [1.807, 2.05) is 74.4 Å². The van der Waals surface area contributed by atoms with E-state index in [0.29, 0.717) is 26.2 Å². The summed E-state index contributed by atoms with van der Waals surface area (Å²) in [7, 11) is 5.41.